The van der Waals surface area contributed by atoms with E-state index in [1.54, 1.807) is 42.5 Å². The summed E-state index contributed by atoms with van der Waals surface area (Å²) in [5.41, 5.74) is 10.1. The highest BCUT2D eigenvalue weighted by atomic mass is 17.3. The van der Waals surface area contributed by atoms with Crippen LogP contribution in [0.3, 0.4) is 0 Å². The largest absolute Gasteiger partial charge is 0.399 e. The van der Waals surface area contributed by atoms with Gasteiger partial charge >= 0.3 is 0 Å². The van der Waals surface area contributed by atoms with Crippen molar-refractivity contribution >= 4 is 43.7 Å². The Balaban J connectivity index is 1.09. The Morgan fingerprint density at radius 2 is 0.860 bits per heavy atom. The molecule has 0 fully saturated rings. The summed E-state index contributed by atoms with van der Waals surface area (Å²) in [6.45, 7) is 2.29. The number of hydrogen-bond donors (Lipinski definition) is 3. The molecule has 5 N–H and O–H groups in total. The molecule has 7 aromatic rings. The van der Waals surface area contributed by atoms with Gasteiger partial charge in [-0.05, 0) is 112 Å². The fourth-order valence-electron chi connectivity index (χ4n) is 5.14. The van der Waals surface area contributed by atoms with Crippen LogP contribution in [0.1, 0.15) is 6.92 Å². The molecular weight excluding hydrogens is 642 g/mol. The Labute approximate surface area is 285 Å². The van der Waals surface area contributed by atoms with E-state index in [1.165, 1.54) is 0 Å². The maximum Gasteiger partial charge on any atom is 0.184 e. The molecule has 12 heteroatoms. The number of benzene rings is 7. The second-order valence-corrected chi connectivity index (χ2v) is 11.0. The van der Waals surface area contributed by atoms with Crippen molar-refractivity contribution in [3.63, 3.8) is 0 Å². The van der Waals surface area contributed by atoms with Crippen molar-refractivity contribution in [1.29, 1.82) is 0 Å². The van der Waals surface area contributed by atoms with Crippen LogP contribution in [0, 0.1) is 0 Å². The average Bonchev–Trinajstić information content (AvgIpc) is 3.14. The van der Waals surface area contributed by atoms with E-state index in [2.05, 4.69) is 10.5 Å². The van der Waals surface area contributed by atoms with Crippen LogP contribution in [0.15, 0.2) is 127 Å². The molecule has 0 unspecified atom stereocenters. The monoisotopic (exact) mass is 673 g/mol. The van der Waals surface area contributed by atoms with Crippen LogP contribution in [0.4, 0.5) is 11.4 Å². The van der Waals surface area contributed by atoms with Gasteiger partial charge in [-0.1, -0.05) is 41.4 Å². The molecular formula is C38H31N3O9. The summed E-state index contributed by atoms with van der Waals surface area (Å²) in [6, 6.07) is 38.2. The zero-order chi connectivity index (χ0) is 34.3. The van der Waals surface area contributed by atoms with Gasteiger partial charge in [0.2, 0.25) is 0 Å². The maximum atomic E-state index is 5.92. The zero-order valence-corrected chi connectivity index (χ0v) is 26.7. The Morgan fingerprint density at radius 1 is 0.440 bits per heavy atom. The van der Waals surface area contributed by atoms with Crippen molar-refractivity contribution in [3.05, 3.63) is 127 Å². The quantitative estimate of drug-likeness (QED) is 0.0578. The Morgan fingerprint density at radius 3 is 1.38 bits per heavy atom. The fourth-order valence-corrected chi connectivity index (χ4v) is 5.14. The Kier molecular flexibility index (Phi) is 9.38. The highest BCUT2D eigenvalue weighted by Crippen LogP contribution is 2.31. The van der Waals surface area contributed by atoms with Gasteiger partial charge < -0.3 is 20.3 Å². The van der Waals surface area contributed by atoms with Crippen molar-refractivity contribution < 1.29 is 44.0 Å². The molecule has 0 bridgehead atoms. The summed E-state index contributed by atoms with van der Waals surface area (Å²) in [6.07, 6.45) is 0. The molecule has 7 aromatic carbocycles. The second kappa shape index (κ2) is 14.7. The number of anilines is 2. The minimum atomic E-state index is 0.301. The predicted octanol–water partition coefficient (Wildman–Crippen LogP) is 8.39. The SMILES string of the molecule is CCOOc1ccc2cc(OOc3cc(NOc4ccc5cc(N)ccc5c4)cc(OOc4ccc5cc(OON)ccc5c4)c3)ccc2c1. The average molecular weight is 674 g/mol. The van der Waals surface area contributed by atoms with Crippen molar-refractivity contribution in [2.45, 2.75) is 6.92 Å². The summed E-state index contributed by atoms with van der Waals surface area (Å²) in [5.74, 6) is 8.19. The molecule has 12 nitrogen and oxygen atoms in total. The fraction of sp³-hybridized carbons (Fsp3) is 0.0526. The van der Waals surface area contributed by atoms with Gasteiger partial charge in [0.1, 0.15) is 0 Å². The van der Waals surface area contributed by atoms with E-state index in [0.29, 0.717) is 58.2 Å². The van der Waals surface area contributed by atoms with Crippen LogP contribution >= 0.6 is 0 Å². The molecule has 0 aromatic heterocycles. The normalized spacial score (nSPS) is 10.9. The number of nitrogens with two attached hydrogens (primary N) is 2. The van der Waals surface area contributed by atoms with Gasteiger partial charge in [0, 0.05) is 23.9 Å². The van der Waals surface area contributed by atoms with Crippen LogP contribution in [-0.2, 0) is 9.88 Å². The smallest absolute Gasteiger partial charge is 0.184 e. The summed E-state index contributed by atoms with van der Waals surface area (Å²) >= 11 is 0. The molecule has 0 aliphatic carbocycles. The highest BCUT2D eigenvalue weighted by Gasteiger charge is 2.10. The summed E-state index contributed by atoms with van der Waals surface area (Å²) < 4.78 is 0. The number of hydrogen-bond acceptors (Lipinski definition) is 12. The predicted molar refractivity (Wildman–Crippen MR) is 188 cm³/mol. The van der Waals surface area contributed by atoms with Gasteiger partial charge in [-0.2, -0.15) is 10.8 Å². The van der Waals surface area contributed by atoms with E-state index in [9.17, 15) is 0 Å². The minimum absolute atomic E-state index is 0.301. The first-order chi connectivity index (χ1) is 24.5. The zero-order valence-electron chi connectivity index (χ0n) is 26.7. The van der Waals surface area contributed by atoms with E-state index in [1.807, 2.05) is 91.9 Å². The third-order valence-corrected chi connectivity index (χ3v) is 7.45. The van der Waals surface area contributed by atoms with Crippen molar-refractivity contribution in [2.24, 2.45) is 5.90 Å². The number of nitrogen functional groups attached to an aromatic ring is 1. The van der Waals surface area contributed by atoms with Gasteiger partial charge in [0.15, 0.2) is 40.2 Å². The first-order valence-corrected chi connectivity index (χ1v) is 15.5. The second-order valence-electron chi connectivity index (χ2n) is 11.0. The molecule has 0 aliphatic rings. The summed E-state index contributed by atoms with van der Waals surface area (Å²) in [4.78, 5) is 48.2. The van der Waals surface area contributed by atoms with Gasteiger partial charge in [0.25, 0.3) is 0 Å². The first kappa shape index (κ1) is 32.0. The minimum Gasteiger partial charge on any atom is -0.399 e. The standard InChI is InChI=1S/C38H31N3O9/c1-2-42-44-33-11-5-27-18-34(12-6-26(27)17-33)45-47-37-21-31(41-43-32-10-4-24-15-30(39)9-3-25(24)16-32)22-38(23-37)48-46-35-13-7-29-20-36(49-50-40)14-8-28(29)19-35/h3-23,41H,2,39-40H2,1H3. The number of nitrogens with one attached hydrogen (secondary N) is 1. The molecule has 0 spiro atoms. The maximum absolute atomic E-state index is 5.92. The van der Waals surface area contributed by atoms with Crippen LogP contribution in [0.2, 0.25) is 0 Å². The lowest BCUT2D eigenvalue weighted by molar-refractivity contribution is -0.211. The highest BCUT2D eigenvalue weighted by molar-refractivity contribution is 5.87. The molecule has 0 saturated heterocycles. The topological polar surface area (TPSA) is 147 Å². The van der Waals surface area contributed by atoms with Crippen molar-refractivity contribution in [2.75, 3.05) is 17.8 Å². The van der Waals surface area contributed by atoms with Crippen molar-refractivity contribution in [1.82, 2.24) is 0 Å². The number of fused-ring (bicyclic) bond motifs is 3. The van der Waals surface area contributed by atoms with E-state index in [4.69, 9.17) is 50.7 Å². The summed E-state index contributed by atoms with van der Waals surface area (Å²) in [7, 11) is 0. The van der Waals surface area contributed by atoms with Gasteiger partial charge in [-0.15, -0.1) is 0 Å². The molecule has 0 atom stereocenters. The van der Waals surface area contributed by atoms with Crippen molar-refractivity contribution in [3.8, 4) is 40.2 Å². The Hall–Kier alpha value is -6.60. The molecule has 252 valence electrons. The lowest BCUT2D eigenvalue weighted by atomic mass is 10.1. The third-order valence-electron chi connectivity index (χ3n) is 7.45. The third kappa shape index (κ3) is 7.75. The summed E-state index contributed by atoms with van der Waals surface area (Å²) in [5, 5.41) is 5.59. The van der Waals surface area contributed by atoms with Crippen LogP contribution < -0.4 is 51.3 Å². The van der Waals surface area contributed by atoms with E-state index in [0.717, 1.165) is 32.3 Å². The van der Waals surface area contributed by atoms with E-state index >= 15 is 0 Å². The van der Waals surface area contributed by atoms with Gasteiger partial charge in [-0.25, -0.2) is 5.48 Å². The molecule has 0 aliphatic heterocycles. The Bertz CT molecular complexity index is 2280. The van der Waals surface area contributed by atoms with Gasteiger partial charge in [-0.3, -0.25) is 19.6 Å². The number of rotatable bonds is 14. The van der Waals surface area contributed by atoms with Crippen LogP contribution in [0.5, 0.6) is 40.2 Å². The molecule has 0 radical (unpaired) electrons. The lowest BCUT2D eigenvalue weighted by Gasteiger charge is -2.13. The van der Waals surface area contributed by atoms with E-state index < -0.39 is 0 Å². The first-order valence-electron chi connectivity index (χ1n) is 15.5. The van der Waals surface area contributed by atoms with Crippen LogP contribution in [-0.4, -0.2) is 6.61 Å². The molecule has 0 heterocycles. The molecule has 0 amide bonds. The van der Waals surface area contributed by atoms with Gasteiger partial charge in [0.05, 0.1) is 12.3 Å². The molecule has 7 rings (SSSR count). The van der Waals surface area contributed by atoms with Crippen LogP contribution in [0.25, 0.3) is 32.3 Å². The molecule has 0 saturated carbocycles. The molecule has 50 heavy (non-hydrogen) atoms. The lowest BCUT2D eigenvalue weighted by Crippen LogP contribution is -2.07. The van der Waals surface area contributed by atoms with E-state index in [-0.39, 0.29) is 0 Å².